The van der Waals surface area contributed by atoms with E-state index in [0.29, 0.717) is 6.04 Å². The molecule has 0 heterocycles. The van der Waals surface area contributed by atoms with Crippen LogP contribution in [0.25, 0.3) is 0 Å². The van der Waals surface area contributed by atoms with Crippen molar-refractivity contribution in [1.29, 1.82) is 0 Å². The van der Waals surface area contributed by atoms with E-state index in [0.717, 1.165) is 26.2 Å². The Labute approximate surface area is 105 Å². The van der Waals surface area contributed by atoms with E-state index in [-0.39, 0.29) is 0 Å². The molecule has 96 valence electrons. The van der Waals surface area contributed by atoms with E-state index in [1.165, 1.54) is 16.7 Å². The number of hydrogen-bond acceptors (Lipinski definition) is 2. The van der Waals surface area contributed by atoms with Crippen molar-refractivity contribution in [2.24, 2.45) is 0 Å². The minimum absolute atomic E-state index is 0.416. The van der Waals surface area contributed by atoms with Gasteiger partial charge in [-0.1, -0.05) is 25.1 Å². The van der Waals surface area contributed by atoms with Crippen LogP contribution < -0.4 is 5.32 Å². The second-order valence-electron chi connectivity index (χ2n) is 4.49. The lowest BCUT2D eigenvalue weighted by atomic mass is 9.96. The first-order valence-electron chi connectivity index (χ1n) is 6.55. The summed E-state index contributed by atoms with van der Waals surface area (Å²) < 4.78 is 5.54. The molecule has 1 unspecified atom stereocenters. The van der Waals surface area contributed by atoms with Gasteiger partial charge in [0.25, 0.3) is 0 Å². The fourth-order valence-electron chi connectivity index (χ4n) is 2.16. The minimum atomic E-state index is 0.416. The predicted molar refractivity (Wildman–Crippen MR) is 73.6 cm³/mol. The van der Waals surface area contributed by atoms with E-state index in [1.54, 1.807) is 0 Å². The number of nitrogens with one attached hydrogen (secondary N) is 1. The Morgan fingerprint density at radius 2 is 1.82 bits per heavy atom. The van der Waals surface area contributed by atoms with Gasteiger partial charge < -0.3 is 10.1 Å². The van der Waals surface area contributed by atoms with E-state index in [4.69, 9.17) is 4.74 Å². The van der Waals surface area contributed by atoms with Gasteiger partial charge in [-0.15, -0.1) is 0 Å². The van der Waals surface area contributed by atoms with Crippen LogP contribution in [0.3, 0.4) is 0 Å². The van der Waals surface area contributed by atoms with Crippen LogP contribution in [-0.2, 0) is 11.2 Å². The molecule has 1 atom stereocenters. The molecule has 17 heavy (non-hydrogen) atoms. The van der Waals surface area contributed by atoms with E-state index < -0.39 is 0 Å². The minimum Gasteiger partial charge on any atom is -0.380 e. The van der Waals surface area contributed by atoms with Crippen LogP contribution in [-0.4, -0.2) is 25.8 Å². The molecular weight excluding hydrogens is 210 g/mol. The third kappa shape index (κ3) is 4.49. The normalized spacial score (nSPS) is 12.7. The molecule has 1 aromatic carbocycles. The maximum absolute atomic E-state index is 5.54. The molecule has 0 saturated heterocycles. The van der Waals surface area contributed by atoms with Crippen molar-refractivity contribution < 1.29 is 4.74 Å². The van der Waals surface area contributed by atoms with Crippen LogP contribution in [0.1, 0.15) is 30.5 Å². The second-order valence-corrected chi connectivity index (χ2v) is 4.49. The van der Waals surface area contributed by atoms with Gasteiger partial charge in [-0.2, -0.15) is 0 Å². The van der Waals surface area contributed by atoms with Crippen molar-refractivity contribution >= 4 is 0 Å². The molecular formula is C15H25NO. The fourth-order valence-corrected chi connectivity index (χ4v) is 2.16. The molecule has 0 radical (unpaired) electrons. The topological polar surface area (TPSA) is 21.3 Å². The van der Waals surface area contributed by atoms with Crippen molar-refractivity contribution in [3.05, 3.63) is 34.9 Å². The first-order valence-corrected chi connectivity index (χ1v) is 6.55. The molecule has 1 N–H and O–H groups in total. The van der Waals surface area contributed by atoms with E-state index in [1.807, 2.05) is 6.92 Å². The monoisotopic (exact) mass is 235 g/mol. The molecule has 0 aliphatic rings. The van der Waals surface area contributed by atoms with Crippen molar-refractivity contribution in [2.45, 2.75) is 40.2 Å². The molecule has 2 heteroatoms. The Morgan fingerprint density at radius 1 is 1.18 bits per heavy atom. The molecule has 0 bridgehead atoms. The largest absolute Gasteiger partial charge is 0.380 e. The maximum atomic E-state index is 5.54. The zero-order valence-corrected chi connectivity index (χ0v) is 11.5. The summed E-state index contributed by atoms with van der Waals surface area (Å²) in [6.07, 6.45) is 1.05. The van der Waals surface area contributed by atoms with Crippen molar-refractivity contribution in [2.75, 3.05) is 19.8 Å². The number of likely N-dealkylation sites (N-methyl/N-ethyl adjacent to an activating group) is 1. The van der Waals surface area contributed by atoms with E-state index >= 15 is 0 Å². The SMILES string of the molecule is CCNC(COCC)Cc1c(C)cccc1C. The number of aryl methyl sites for hydroxylation is 2. The lowest BCUT2D eigenvalue weighted by Crippen LogP contribution is -2.35. The zero-order valence-electron chi connectivity index (χ0n) is 11.5. The van der Waals surface area contributed by atoms with Gasteiger partial charge in [0.1, 0.15) is 0 Å². The van der Waals surface area contributed by atoms with Crippen molar-refractivity contribution in [3.8, 4) is 0 Å². The lowest BCUT2D eigenvalue weighted by Gasteiger charge is -2.20. The third-order valence-corrected chi connectivity index (χ3v) is 3.11. The lowest BCUT2D eigenvalue weighted by molar-refractivity contribution is 0.123. The van der Waals surface area contributed by atoms with Gasteiger partial charge in [0.05, 0.1) is 6.61 Å². The van der Waals surface area contributed by atoms with Crippen molar-refractivity contribution in [3.63, 3.8) is 0 Å². The highest BCUT2D eigenvalue weighted by Gasteiger charge is 2.11. The van der Waals surface area contributed by atoms with Gasteiger partial charge >= 0.3 is 0 Å². The zero-order chi connectivity index (χ0) is 12.7. The predicted octanol–water partition coefficient (Wildman–Crippen LogP) is 2.86. The molecule has 0 spiro atoms. The van der Waals surface area contributed by atoms with Gasteiger partial charge in [-0.25, -0.2) is 0 Å². The van der Waals surface area contributed by atoms with E-state index in [9.17, 15) is 0 Å². The number of rotatable bonds is 7. The van der Waals surface area contributed by atoms with Gasteiger partial charge in [-0.3, -0.25) is 0 Å². The molecule has 2 nitrogen and oxygen atoms in total. The molecule has 1 rings (SSSR count). The van der Waals surface area contributed by atoms with E-state index in [2.05, 4.69) is 44.3 Å². The summed E-state index contributed by atoms with van der Waals surface area (Å²) in [5, 5.41) is 3.50. The summed E-state index contributed by atoms with van der Waals surface area (Å²) in [6.45, 7) is 11.1. The average molecular weight is 235 g/mol. The summed E-state index contributed by atoms with van der Waals surface area (Å²) in [6, 6.07) is 6.91. The van der Waals surface area contributed by atoms with Gasteiger partial charge in [0.2, 0.25) is 0 Å². The first kappa shape index (κ1) is 14.2. The van der Waals surface area contributed by atoms with Crippen LogP contribution in [0.5, 0.6) is 0 Å². The fraction of sp³-hybridized carbons (Fsp3) is 0.600. The van der Waals surface area contributed by atoms with Crippen LogP contribution in [0.15, 0.2) is 18.2 Å². The van der Waals surface area contributed by atoms with Crippen molar-refractivity contribution in [1.82, 2.24) is 5.32 Å². The van der Waals surface area contributed by atoms with Gasteiger partial charge in [-0.05, 0) is 50.4 Å². The molecule has 1 aromatic rings. The highest BCUT2D eigenvalue weighted by Crippen LogP contribution is 2.15. The van der Waals surface area contributed by atoms with Gasteiger partial charge in [0.15, 0.2) is 0 Å². The summed E-state index contributed by atoms with van der Waals surface area (Å²) in [5.41, 5.74) is 4.21. The first-order chi connectivity index (χ1) is 8.19. The summed E-state index contributed by atoms with van der Waals surface area (Å²) in [5.74, 6) is 0. The Balaban J connectivity index is 2.70. The molecule has 0 aromatic heterocycles. The summed E-state index contributed by atoms with van der Waals surface area (Å²) >= 11 is 0. The molecule has 0 fully saturated rings. The Morgan fingerprint density at radius 3 is 2.35 bits per heavy atom. The molecule has 0 aliphatic carbocycles. The molecule has 0 aliphatic heterocycles. The maximum Gasteiger partial charge on any atom is 0.0622 e. The van der Waals surface area contributed by atoms with Crippen LogP contribution >= 0.6 is 0 Å². The summed E-state index contributed by atoms with van der Waals surface area (Å²) in [7, 11) is 0. The Bertz CT molecular complexity index is 315. The Hall–Kier alpha value is -0.860. The molecule has 0 amide bonds. The van der Waals surface area contributed by atoms with Crippen LogP contribution in [0.2, 0.25) is 0 Å². The molecule has 0 saturated carbocycles. The standard InChI is InChI=1S/C15H25NO/c1-5-16-14(11-17-6-2)10-15-12(3)8-7-9-13(15)4/h7-9,14,16H,5-6,10-11H2,1-4H3. The highest BCUT2D eigenvalue weighted by molar-refractivity contribution is 5.34. The summed E-state index contributed by atoms with van der Waals surface area (Å²) in [4.78, 5) is 0. The highest BCUT2D eigenvalue weighted by atomic mass is 16.5. The quantitative estimate of drug-likeness (QED) is 0.784. The van der Waals surface area contributed by atoms with Crippen LogP contribution in [0, 0.1) is 13.8 Å². The number of benzene rings is 1. The van der Waals surface area contributed by atoms with Gasteiger partial charge in [0, 0.05) is 12.6 Å². The smallest absolute Gasteiger partial charge is 0.0622 e. The van der Waals surface area contributed by atoms with Crippen LogP contribution in [0.4, 0.5) is 0 Å². The third-order valence-electron chi connectivity index (χ3n) is 3.11. The average Bonchev–Trinajstić information content (AvgIpc) is 2.31. The number of ether oxygens (including phenoxy) is 1. The Kier molecular flexibility index (Phi) is 6.23. The number of hydrogen-bond donors (Lipinski definition) is 1. The second kappa shape index (κ2) is 7.46.